The second-order valence-electron chi connectivity index (χ2n) is 4.14. The third-order valence-corrected chi connectivity index (χ3v) is 2.61. The van der Waals surface area contributed by atoms with Crippen LogP contribution in [0, 0.1) is 13.8 Å². The molecule has 0 aliphatic carbocycles. The van der Waals surface area contributed by atoms with E-state index in [1.807, 2.05) is 33.0 Å². The van der Waals surface area contributed by atoms with Crippen LogP contribution in [0.5, 0.6) is 5.75 Å². The molecule has 0 spiro atoms. The molecule has 0 bridgehead atoms. The summed E-state index contributed by atoms with van der Waals surface area (Å²) in [6, 6.07) is 5.52. The summed E-state index contributed by atoms with van der Waals surface area (Å²) in [5, 5.41) is 4.23. The van der Waals surface area contributed by atoms with E-state index in [0.29, 0.717) is 24.3 Å². The lowest BCUT2D eigenvalue weighted by atomic mass is 10.3. The van der Waals surface area contributed by atoms with Crippen molar-refractivity contribution in [2.24, 2.45) is 7.05 Å². The predicted molar refractivity (Wildman–Crippen MR) is 66.6 cm³/mol. The van der Waals surface area contributed by atoms with E-state index in [1.54, 1.807) is 10.7 Å². The van der Waals surface area contributed by atoms with Crippen LogP contribution in [0.1, 0.15) is 27.6 Å². The Balaban J connectivity index is 2.15. The maximum absolute atomic E-state index is 10.9. The van der Waals surface area contributed by atoms with E-state index >= 15 is 0 Å². The van der Waals surface area contributed by atoms with Crippen molar-refractivity contribution in [2.45, 2.75) is 20.5 Å². The van der Waals surface area contributed by atoms with E-state index in [1.165, 1.54) is 0 Å². The normalized spacial score (nSPS) is 10.4. The van der Waals surface area contributed by atoms with Crippen LogP contribution in [-0.2, 0) is 13.7 Å². The van der Waals surface area contributed by atoms with Crippen molar-refractivity contribution in [1.29, 1.82) is 0 Å². The molecule has 2 aromatic rings. The molecular weight excluding hydrogens is 230 g/mol. The van der Waals surface area contributed by atoms with E-state index < -0.39 is 0 Å². The molecule has 0 N–H and O–H groups in total. The first-order chi connectivity index (χ1) is 8.60. The number of ether oxygens (including phenoxy) is 1. The molecule has 0 radical (unpaired) electrons. The highest BCUT2D eigenvalue weighted by Gasteiger charge is 2.07. The zero-order valence-electron chi connectivity index (χ0n) is 10.7. The summed E-state index contributed by atoms with van der Waals surface area (Å²) in [6.45, 7) is 4.12. The smallest absolute Gasteiger partial charge is 0.172 e. The Morgan fingerprint density at radius 3 is 2.72 bits per heavy atom. The number of carbonyl (C=O) groups excluding carboxylic acids is 1. The summed E-state index contributed by atoms with van der Waals surface area (Å²) in [4.78, 5) is 15.0. The lowest BCUT2D eigenvalue weighted by Gasteiger charge is -2.08. The molecule has 2 heterocycles. The van der Waals surface area contributed by atoms with E-state index in [4.69, 9.17) is 4.74 Å². The number of hydrogen-bond donors (Lipinski definition) is 0. The largest absolute Gasteiger partial charge is 0.485 e. The fourth-order valence-electron chi connectivity index (χ4n) is 1.72. The van der Waals surface area contributed by atoms with Gasteiger partial charge in [0.15, 0.2) is 6.29 Å². The standard InChI is InChI=1S/C13H15N3O2/c1-9-4-5-13(12(7-17)14-9)18-8-11-6-10(2)15-16(11)3/h4-7H,8H2,1-3H3. The summed E-state index contributed by atoms with van der Waals surface area (Å²) in [5.74, 6) is 0.495. The van der Waals surface area contributed by atoms with E-state index in [2.05, 4.69) is 10.1 Å². The number of carbonyl (C=O) groups is 1. The molecule has 0 saturated carbocycles. The van der Waals surface area contributed by atoms with Crippen LogP contribution in [-0.4, -0.2) is 21.1 Å². The van der Waals surface area contributed by atoms with Gasteiger partial charge in [0, 0.05) is 12.7 Å². The number of aromatic nitrogens is 3. The molecule has 5 heteroatoms. The average molecular weight is 245 g/mol. The number of hydrogen-bond acceptors (Lipinski definition) is 4. The third kappa shape index (κ3) is 2.56. The molecule has 0 aromatic carbocycles. The van der Waals surface area contributed by atoms with E-state index in [0.717, 1.165) is 17.1 Å². The summed E-state index contributed by atoms with van der Waals surface area (Å²) in [5.41, 5.74) is 3.01. The molecule has 0 saturated heterocycles. The number of pyridine rings is 1. The van der Waals surface area contributed by atoms with Crippen LogP contribution in [0.3, 0.4) is 0 Å². The Hall–Kier alpha value is -2.17. The SMILES string of the molecule is Cc1ccc(OCc2cc(C)nn2C)c(C=O)n1. The predicted octanol–water partition coefficient (Wildman–Crippen LogP) is 1.82. The van der Waals surface area contributed by atoms with Gasteiger partial charge in [-0.25, -0.2) is 4.98 Å². The summed E-state index contributed by atoms with van der Waals surface area (Å²) in [6.07, 6.45) is 0.705. The van der Waals surface area contributed by atoms with Gasteiger partial charge in [-0.2, -0.15) is 5.10 Å². The number of aldehydes is 1. The Labute approximate surface area is 105 Å². The molecule has 0 amide bonds. The summed E-state index contributed by atoms with van der Waals surface area (Å²) >= 11 is 0. The van der Waals surface area contributed by atoms with Crippen LogP contribution in [0.4, 0.5) is 0 Å². The van der Waals surface area contributed by atoms with Crippen LogP contribution in [0.2, 0.25) is 0 Å². The highest BCUT2D eigenvalue weighted by atomic mass is 16.5. The average Bonchev–Trinajstić information content (AvgIpc) is 2.66. The number of aryl methyl sites for hydroxylation is 3. The van der Waals surface area contributed by atoms with Crippen molar-refractivity contribution >= 4 is 6.29 Å². The highest BCUT2D eigenvalue weighted by molar-refractivity contribution is 5.76. The van der Waals surface area contributed by atoms with Crippen LogP contribution in [0.15, 0.2) is 18.2 Å². The van der Waals surface area contributed by atoms with Gasteiger partial charge in [0.05, 0.1) is 11.4 Å². The molecule has 0 aliphatic heterocycles. The van der Waals surface area contributed by atoms with Gasteiger partial charge >= 0.3 is 0 Å². The Morgan fingerprint density at radius 1 is 1.33 bits per heavy atom. The van der Waals surface area contributed by atoms with Gasteiger partial charge in [0.2, 0.25) is 0 Å². The quantitative estimate of drug-likeness (QED) is 0.771. The van der Waals surface area contributed by atoms with Crippen molar-refractivity contribution in [1.82, 2.24) is 14.8 Å². The molecule has 0 atom stereocenters. The molecule has 0 fully saturated rings. The van der Waals surface area contributed by atoms with Crippen LogP contribution in [0.25, 0.3) is 0 Å². The summed E-state index contributed by atoms with van der Waals surface area (Å²) in [7, 11) is 1.86. The minimum absolute atomic E-state index is 0.328. The second kappa shape index (κ2) is 5.00. The van der Waals surface area contributed by atoms with Gasteiger partial charge in [0.25, 0.3) is 0 Å². The van der Waals surface area contributed by atoms with Gasteiger partial charge in [-0.1, -0.05) is 0 Å². The lowest BCUT2D eigenvalue weighted by Crippen LogP contribution is -2.05. The van der Waals surface area contributed by atoms with E-state index in [-0.39, 0.29) is 0 Å². The fraction of sp³-hybridized carbons (Fsp3) is 0.308. The first kappa shape index (κ1) is 12.3. The molecule has 5 nitrogen and oxygen atoms in total. The van der Waals surface area contributed by atoms with Crippen molar-refractivity contribution in [3.8, 4) is 5.75 Å². The lowest BCUT2D eigenvalue weighted by molar-refractivity contribution is 0.111. The molecule has 18 heavy (non-hydrogen) atoms. The molecule has 0 unspecified atom stereocenters. The third-order valence-electron chi connectivity index (χ3n) is 2.61. The zero-order chi connectivity index (χ0) is 13.1. The molecule has 0 aliphatic rings. The maximum atomic E-state index is 10.9. The molecular formula is C13H15N3O2. The fourth-order valence-corrected chi connectivity index (χ4v) is 1.72. The van der Waals surface area contributed by atoms with Gasteiger partial charge in [0.1, 0.15) is 18.1 Å². The number of rotatable bonds is 4. The Bertz CT molecular complexity index is 576. The van der Waals surface area contributed by atoms with E-state index in [9.17, 15) is 4.79 Å². The Kier molecular flexibility index (Phi) is 3.41. The second-order valence-corrected chi connectivity index (χ2v) is 4.14. The zero-order valence-corrected chi connectivity index (χ0v) is 10.7. The van der Waals surface area contributed by atoms with Gasteiger partial charge in [-0.3, -0.25) is 9.48 Å². The van der Waals surface area contributed by atoms with Crippen LogP contribution >= 0.6 is 0 Å². The first-order valence-electron chi connectivity index (χ1n) is 5.65. The van der Waals surface area contributed by atoms with Crippen molar-refractivity contribution in [2.75, 3.05) is 0 Å². The highest BCUT2D eigenvalue weighted by Crippen LogP contribution is 2.16. The monoisotopic (exact) mass is 245 g/mol. The van der Waals surface area contributed by atoms with Gasteiger partial charge < -0.3 is 4.74 Å². The van der Waals surface area contributed by atoms with Crippen molar-refractivity contribution in [3.05, 3.63) is 41.0 Å². The molecule has 2 rings (SSSR count). The molecule has 2 aromatic heterocycles. The van der Waals surface area contributed by atoms with Crippen molar-refractivity contribution < 1.29 is 9.53 Å². The number of nitrogens with zero attached hydrogens (tertiary/aromatic N) is 3. The first-order valence-corrected chi connectivity index (χ1v) is 5.65. The summed E-state index contributed by atoms with van der Waals surface area (Å²) < 4.78 is 7.37. The topological polar surface area (TPSA) is 57.0 Å². The molecule has 94 valence electrons. The van der Waals surface area contributed by atoms with Gasteiger partial charge in [-0.05, 0) is 32.0 Å². The maximum Gasteiger partial charge on any atom is 0.172 e. The van der Waals surface area contributed by atoms with Crippen LogP contribution < -0.4 is 4.74 Å². The van der Waals surface area contributed by atoms with Crippen molar-refractivity contribution in [3.63, 3.8) is 0 Å². The Morgan fingerprint density at radius 2 is 2.11 bits per heavy atom. The minimum Gasteiger partial charge on any atom is -0.485 e. The van der Waals surface area contributed by atoms with Gasteiger partial charge in [-0.15, -0.1) is 0 Å². The minimum atomic E-state index is 0.328.